The van der Waals surface area contributed by atoms with Crippen LogP contribution in [-0.4, -0.2) is 12.1 Å². The van der Waals surface area contributed by atoms with Gasteiger partial charge in [0.05, 0.1) is 12.5 Å². The smallest absolute Gasteiger partial charge is 0.302 e. The molecule has 92 valence electrons. The third-order valence-corrected chi connectivity index (χ3v) is 2.53. The molecule has 0 N–H and O–H groups in total. The van der Waals surface area contributed by atoms with Gasteiger partial charge in [0.1, 0.15) is 6.10 Å². The van der Waals surface area contributed by atoms with Crippen LogP contribution in [0.25, 0.3) is 0 Å². The van der Waals surface area contributed by atoms with Crippen LogP contribution in [0.3, 0.4) is 0 Å². The van der Waals surface area contributed by atoms with Crippen LogP contribution in [0.4, 0.5) is 0 Å². The summed E-state index contributed by atoms with van der Waals surface area (Å²) in [7, 11) is 0. The van der Waals surface area contributed by atoms with Gasteiger partial charge < -0.3 is 4.74 Å². The molecule has 0 rings (SSSR count). The van der Waals surface area contributed by atoms with Gasteiger partial charge in [0, 0.05) is 6.92 Å². The summed E-state index contributed by atoms with van der Waals surface area (Å²) in [4.78, 5) is 10.8. The van der Waals surface area contributed by atoms with E-state index in [0.717, 1.165) is 12.8 Å². The van der Waals surface area contributed by atoms with E-state index in [1.807, 2.05) is 0 Å². The van der Waals surface area contributed by atoms with Crippen molar-refractivity contribution in [3.05, 3.63) is 0 Å². The van der Waals surface area contributed by atoms with Crippen molar-refractivity contribution in [2.45, 2.75) is 71.3 Å². The molecule has 0 radical (unpaired) electrons. The van der Waals surface area contributed by atoms with Gasteiger partial charge in [0.25, 0.3) is 0 Å². The first-order chi connectivity index (χ1) is 7.70. The number of hydrogen-bond donors (Lipinski definition) is 0. The van der Waals surface area contributed by atoms with Crippen molar-refractivity contribution >= 4 is 5.97 Å². The van der Waals surface area contributed by atoms with Crippen LogP contribution < -0.4 is 0 Å². The molecular formula is C13H23NO2. The molecule has 0 amide bonds. The standard InChI is InChI=1S/C13H23NO2/c1-3-4-5-6-7-8-9-13(10-11-14)16-12(2)15/h13H,3-10H2,1-2H3/t13-/m0/s1. The average Bonchev–Trinajstić information content (AvgIpc) is 2.22. The third kappa shape index (κ3) is 9.51. The highest BCUT2D eigenvalue weighted by atomic mass is 16.5. The second-order valence-electron chi connectivity index (χ2n) is 4.15. The summed E-state index contributed by atoms with van der Waals surface area (Å²) in [5.41, 5.74) is 0. The Bertz CT molecular complexity index is 220. The average molecular weight is 225 g/mol. The summed E-state index contributed by atoms with van der Waals surface area (Å²) in [6, 6.07) is 2.06. The van der Waals surface area contributed by atoms with Gasteiger partial charge in [-0.25, -0.2) is 0 Å². The zero-order valence-corrected chi connectivity index (χ0v) is 10.5. The van der Waals surface area contributed by atoms with Crippen molar-refractivity contribution in [2.24, 2.45) is 0 Å². The largest absolute Gasteiger partial charge is 0.461 e. The van der Waals surface area contributed by atoms with Crippen molar-refractivity contribution in [1.82, 2.24) is 0 Å². The van der Waals surface area contributed by atoms with Gasteiger partial charge in [-0.1, -0.05) is 39.0 Å². The minimum Gasteiger partial charge on any atom is -0.461 e. The van der Waals surface area contributed by atoms with Gasteiger partial charge in [-0.2, -0.15) is 5.26 Å². The molecule has 0 aliphatic carbocycles. The fourth-order valence-electron chi connectivity index (χ4n) is 1.69. The lowest BCUT2D eigenvalue weighted by Crippen LogP contribution is -2.15. The highest BCUT2D eigenvalue weighted by Crippen LogP contribution is 2.12. The first kappa shape index (κ1) is 15.0. The number of nitrogens with zero attached hydrogens (tertiary/aromatic N) is 1. The molecular weight excluding hydrogens is 202 g/mol. The van der Waals surface area contributed by atoms with E-state index in [9.17, 15) is 4.79 Å². The zero-order chi connectivity index (χ0) is 12.2. The first-order valence-corrected chi connectivity index (χ1v) is 6.24. The molecule has 0 heterocycles. The van der Waals surface area contributed by atoms with E-state index in [2.05, 4.69) is 13.0 Å². The predicted octanol–water partition coefficient (Wildman–Crippen LogP) is 3.58. The molecule has 1 atom stereocenters. The van der Waals surface area contributed by atoms with E-state index in [1.165, 1.54) is 39.0 Å². The Balaban J connectivity index is 3.52. The molecule has 0 spiro atoms. The quantitative estimate of drug-likeness (QED) is 0.445. The Morgan fingerprint density at radius 2 is 1.88 bits per heavy atom. The molecule has 3 heteroatoms. The summed E-state index contributed by atoms with van der Waals surface area (Å²) in [5.74, 6) is -0.286. The van der Waals surface area contributed by atoms with Gasteiger partial charge in [-0.15, -0.1) is 0 Å². The monoisotopic (exact) mass is 225 g/mol. The summed E-state index contributed by atoms with van der Waals surface area (Å²) >= 11 is 0. The van der Waals surface area contributed by atoms with Crippen molar-refractivity contribution < 1.29 is 9.53 Å². The van der Waals surface area contributed by atoms with Crippen molar-refractivity contribution in [3.8, 4) is 6.07 Å². The molecule has 0 bridgehead atoms. The fourth-order valence-corrected chi connectivity index (χ4v) is 1.69. The number of carbonyl (C=O) groups is 1. The van der Waals surface area contributed by atoms with Crippen molar-refractivity contribution in [2.75, 3.05) is 0 Å². The van der Waals surface area contributed by atoms with Gasteiger partial charge in [0.15, 0.2) is 0 Å². The highest BCUT2D eigenvalue weighted by Gasteiger charge is 2.10. The summed E-state index contributed by atoms with van der Waals surface area (Å²) in [5, 5.41) is 8.58. The van der Waals surface area contributed by atoms with Crippen LogP contribution in [0.2, 0.25) is 0 Å². The van der Waals surface area contributed by atoms with Crippen molar-refractivity contribution in [3.63, 3.8) is 0 Å². The lowest BCUT2D eigenvalue weighted by atomic mass is 10.1. The first-order valence-electron chi connectivity index (χ1n) is 6.24. The van der Waals surface area contributed by atoms with Crippen LogP contribution in [0.15, 0.2) is 0 Å². The maximum atomic E-state index is 10.8. The van der Waals surface area contributed by atoms with Gasteiger partial charge in [-0.05, 0) is 12.8 Å². The highest BCUT2D eigenvalue weighted by molar-refractivity contribution is 5.66. The summed E-state index contributed by atoms with van der Waals surface area (Å²) in [6.07, 6.45) is 8.23. The number of ether oxygens (including phenoxy) is 1. The number of carbonyl (C=O) groups excluding carboxylic acids is 1. The molecule has 0 fully saturated rings. The maximum Gasteiger partial charge on any atom is 0.302 e. The van der Waals surface area contributed by atoms with E-state index in [0.29, 0.717) is 6.42 Å². The van der Waals surface area contributed by atoms with Crippen LogP contribution in [0.5, 0.6) is 0 Å². The number of hydrogen-bond acceptors (Lipinski definition) is 3. The van der Waals surface area contributed by atoms with Crippen LogP contribution in [-0.2, 0) is 9.53 Å². The SMILES string of the molecule is CCCCCCCC[C@@H](CC#N)OC(C)=O. The van der Waals surface area contributed by atoms with Gasteiger partial charge in [0.2, 0.25) is 0 Å². The second kappa shape index (κ2) is 10.5. The molecule has 3 nitrogen and oxygen atoms in total. The van der Waals surface area contributed by atoms with E-state index < -0.39 is 0 Å². The van der Waals surface area contributed by atoms with Gasteiger partial charge in [-0.3, -0.25) is 4.79 Å². The van der Waals surface area contributed by atoms with Crippen LogP contribution >= 0.6 is 0 Å². The minimum atomic E-state index is -0.286. The maximum absolute atomic E-state index is 10.8. The second-order valence-corrected chi connectivity index (χ2v) is 4.15. The molecule has 0 aromatic rings. The molecule has 0 aliphatic rings. The Hall–Kier alpha value is -1.04. The Kier molecular flexibility index (Phi) is 9.80. The lowest BCUT2D eigenvalue weighted by molar-refractivity contribution is -0.146. The molecule has 0 unspecified atom stereocenters. The van der Waals surface area contributed by atoms with Crippen LogP contribution in [0, 0.1) is 11.3 Å². The molecule has 0 saturated carbocycles. The Morgan fingerprint density at radius 1 is 1.25 bits per heavy atom. The molecule has 0 aromatic carbocycles. The molecule has 0 saturated heterocycles. The number of nitriles is 1. The van der Waals surface area contributed by atoms with Gasteiger partial charge >= 0.3 is 5.97 Å². The number of esters is 1. The zero-order valence-electron chi connectivity index (χ0n) is 10.5. The predicted molar refractivity (Wildman–Crippen MR) is 63.8 cm³/mol. The number of rotatable bonds is 9. The Morgan fingerprint density at radius 3 is 2.44 bits per heavy atom. The van der Waals surface area contributed by atoms with E-state index in [1.54, 1.807) is 0 Å². The minimum absolute atomic E-state index is 0.200. The topological polar surface area (TPSA) is 50.1 Å². The van der Waals surface area contributed by atoms with Crippen molar-refractivity contribution in [1.29, 1.82) is 5.26 Å². The van der Waals surface area contributed by atoms with E-state index in [-0.39, 0.29) is 12.1 Å². The fraction of sp³-hybridized carbons (Fsp3) is 0.846. The third-order valence-electron chi connectivity index (χ3n) is 2.53. The molecule has 0 aromatic heterocycles. The molecule has 16 heavy (non-hydrogen) atoms. The molecule has 0 aliphatic heterocycles. The van der Waals surface area contributed by atoms with Crippen LogP contribution in [0.1, 0.15) is 65.2 Å². The lowest BCUT2D eigenvalue weighted by Gasteiger charge is -2.13. The summed E-state index contributed by atoms with van der Waals surface area (Å²) < 4.78 is 5.06. The Labute approximate surface area is 98.8 Å². The van der Waals surface area contributed by atoms with E-state index in [4.69, 9.17) is 10.00 Å². The summed E-state index contributed by atoms with van der Waals surface area (Å²) in [6.45, 7) is 3.59. The van der Waals surface area contributed by atoms with E-state index >= 15 is 0 Å². The normalized spacial score (nSPS) is 11.8. The number of unbranched alkanes of at least 4 members (excludes halogenated alkanes) is 5.